The largest absolute Gasteiger partial charge is 0.323 e. The summed E-state index contributed by atoms with van der Waals surface area (Å²) in [5.74, 6) is -2.04. The summed E-state index contributed by atoms with van der Waals surface area (Å²) in [6.07, 6.45) is 3.26. The summed E-state index contributed by atoms with van der Waals surface area (Å²) >= 11 is 1.04. The molecule has 1 amide bonds. The molecule has 3 aromatic rings. The van der Waals surface area contributed by atoms with Crippen molar-refractivity contribution in [2.45, 2.75) is 5.03 Å². The van der Waals surface area contributed by atoms with Crippen molar-refractivity contribution in [3.05, 3.63) is 72.1 Å². The highest BCUT2D eigenvalue weighted by Gasteiger charge is 2.12. The molecule has 0 aliphatic heterocycles. The van der Waals surface area contributed by atoms with E-state index in [4.69, 9.17) is 0 Å². The summed E-state index contributed by atoms with van der Waals surface area (Å²) in [4.78, 5) is 20.4. The number of thioether (sulfide) groups is 1. The second-order valence-corrected chi connectivity index (χ2v) is 6.32. The molecule has 0 saturated heterocycles. The summed E-state index contributed by atoms with van der Waals surface area (Å²) in [7, 11) is 0. The van der Waals surface area contributed by atoms with Crippen molar-refractivity contribution in [1.29, 1.82) is 5.26 Å². The number of anilines is 1. The van der Waals surface area contributed by atoms with Gasteiger partial charge in [0.2, 0.25) is 5.91 Å². The zero-order valence-electron chi connectivity index (χ0n) is 13.8. The zero-order chi connectivity index (χ0) is 19.2. The Kier molecular flexibility index (Phi) is 5.74. The number of carbonyl (C=O) groups excluding carboxylic acids is 1. The van der Waals surface area contributed by atoms with Crippen LogP contribution in [0.15, 0.2) is 59.9 Å². The normalized spacial score (nSPS) is 10.3. The van der Waals surface area contributed by atoms with Gasteiger partial charge in [-0.25, -0.2) is 13.8 Å². The Bertz CT molecular complexity index is 1020. The lowest BCUT2D eigenvalue weighted by atomic mass is 10.1. The highest BCUT2D eigenvalue weighted by Crippen LogP contribution is 2.25. The van der Waals surface area contributed by atoms with Gasteiger partial charge < -0.3 is 5.32 Å². The first-order valence-electron chi connectivity index (χ1n) is 7.76. The summed E-state index contributed by atoms with van der Waals surface area (Å²) in [5.41, 5.74) is 1.54. The lowest BCUT2D eigenvalue weighted by Gasteiger charge is -2.08. The predicted molar refractivity (Wildman–Crippen MR) is 97.9 cm³/mol. The average Bonchev–Trinajstić information content (AvgIpc) is 2.69. The van der Waals surface area contributed by atoms with Gasteiger partial charge in [0.25, 0.3) is 0 Å². The summed E-state index contributed by atoms with van der Waals surface area (Å²) in [6.45, 7) is 0. The number of nitrogens with one attached hydrogen (secondary N) is 1. The van der Waals surface area contributed by atoms with Gasteiger partial charge in [0.05, 0.1) is 22.7 Å². The summed E-state index contributed by atoms with van der Waals surface area (Å²) in [6, 6.07) is 11.7. The first kappa shape index (κ1) is 18.5. The van der Waals surface area contributed by atoms with Gasteiger partial charge >= 0.3 is 0 Å². The zero-order valence-corrected chi connectivity index (χ0v) is 14.6. The van der Waals surface area contributed by atoms with Crippen molar-refractivity contribution in [3.8, 4) is 17.3 Å². The minimum Gasteiger partial charge on any atom is -0.323 e. The molecule has 8 heteroatoms. The maximum atomic E-state index is 13.6. The van der Waals surface area contributed by atoms with E-state index in [1.54, 1.807) is 36.7 Å². The second-order valence-electron chi connectivity index (χ2n) is 5.36. The monoisotopic (exact) mass is 382 g/mol. The number of nitriles is 1. The third-order valence-electron chi connectivity index (χ3n) is 3.50. The number of hydrogen-bond acceptors (Lipinski definition) is 5. The van der Waals surface area contributed by atoms with Crippen molar-refractivity contribution >= 4 is 23.4 Å². The van der Waals surface area contributed by atoms with E-state index >= 15 is 0 Å². The van der Waals surface area contributed by atoms with Gasteiger partial charge in [-0.2, -0.15) is 5.26 Å². The number of rotatable bonds is 5. The molecule has 0 aliphatic rings. The molecular formula is C19H12F2N4OS. The Morgan fingerprint density at radius 3 is 2.67 bits per heavy atom. The average molecular weight is 382 g/mol. The number of pyridine rings is 2. The number of nitrogens with zero attached hydrogens (tertiary/aromatic N) is 3. The quantitative estimate of drug-likeness (QED) is 0.674. The van der Waals surface area contributed by atoms with Crippen LogP contribution in [0.2, 0.25) is 0 Å². The van der Waals surface area contributed by atoms with E-state index in [0.29, 0.717) is 16.3 Å². The van der Waals surface area contributed by atoms with Crippen LogP contribution in [-0.2, 0) is 4.79 Å². The molecule has 1 N–H and O–H groups in total. The molecule has 5 nitrogen and oxygen atoms in total. The van der Waals surface area contributed by atoms with Gasteiger partial charge in [-0.1, -0.05) is 11.8 Å². The molecule has 0 bridgehead atoms. The van der Waals surface area contributed by atoms with E-state index in [1.165, 1.54) is 0 Å². The van der Waals surface area contributed by atoms with Crippen LogP contribution in [0.5, 0.6) is 0 Å². The lowest BCUT2D eigenvalue weighted by molar-refractivity contribution is -0.113. The van der Waals surface area contributed by atoms with Crippen LogP contribution in [0.3, 0.4) is 0 Å². The van der Waals surface area contributed by atoms with E-state index in [9.17, 15) is 18.8 Å². The van der Waals surface area contributed by atoms with Crippen LogP contribution < -0.4 is 5.32 Å². The van der Waals surface area contributed by atoms with Gasteiger partial charge in [-0.05, 0) is 36.4 Å². The van der Waals surface area contributed by atoms with Crippen LogP contribution in [0.4, 0.5) is 14.5 Å². The number of aromatic nitrogens is 2. The maximum absolute atomic E-state index is 13.6. The SMILES string of the molecule is N#Cc1ccc(-c2ccncc2)nc1SCC(=O)Nc1cc(F)ccc1F. The maximum Gasteiger partial charge on any atom is 0.234 e. The van der Waals surface area contributed by atoms with Crippen LogP contribution in [0.25, 0.3) is 11.3 Å². The first-order chi connectivity index (χ1) is 13.1. The molecule has 3 rings (SSSR count). The molecule has 2 aromatic heterocycles. The van der Waals surface area contributed by atoms with E-state index in [2.05, 4.69) is 15.3 Å². The topological polar surface area (TPSA) is 78.7 Å². The van der Waals surface area contributed by atoms with Crippen molar-refractivity contribution < 1.29 is 13.6 Å². The second kappa shape index (κ2) is 8.38. The number of hydrogen-bond donors (Lipinski definition) is 1. The van der Waals surface area contributed by atoms with E-state index in [1.807, 2.05) is 6.07 Å². The standard InChI is InChI=1S/C19H12F2N4OS/c20-14-2-3-15(21)17(9-14)24-18(26)11-27-19-13(10-22)1-4-16(25-19)12-5-7-23-8-6-12/h1-9H,11H2,(H,24,26). The molecule has 1 aromatic carbocycles. The first-order valence-corrected chi connectivity index (χ1v) is 8.74. The molecule has 0 atom stereocenters. The Labute approximate surface area is 158 Å². The third kappa shape index (κ3) is 4.65. The highest BCUT2D eigenvalue weighted by molar-refractivity contribution is 8.00. The Morgan fingerprint density at radius 2 is 1.93 bits per heavy atom. The highest BCUT2D eigenvalue weighted by atomic mass is 32.2. The van der Waals surface area contributed by atoms with Gasteiger partial charge in [0.15, 0.2) is 0 Å². The predicted octanol–water partition coefficient (Wildman–Crippen LogP) is 4.02. The van der Waals surface area contributed by atoms with Crippen LogP contribution in [0.1, 0.15) is 5.56 Å². The fourth-order valence-corrected chi connectivity index (χ4v) is 3.00. The van der Waals surface area contributed by atoms with Crippen molar-refractivity contribution in [3.63, 3.8) is 0 Å². The molecule has 0 fully saturated rings. The fraction of sp³-hybridized carbons (Fsp3) is 0.0526. The third-order valence-corrected chi connectivity index (χ3v) is 4.49. The summed E-state index contributed by atoms with van der Waals surface area (Å²) < 4.78 is 26.8. The molecular weight excluding hydrogens is 370 g/mol. The van der Waals surface area contributed by atoms with Crippen LogP contribution >= 0.6 is 11.8 Å². The number of halogens is 2. The van der Waals surface area contributed by atoms with Gasteiger partial charge in [0.1, 0.15) is 22.7 Å². The molecule has 0 spiro atoms. The molecule has 27 heavy (non-hydrogen) atoms. The van der Waals surface area contributed by atoms with Crippen LogP contribution in [-0.4, -0.2) is 21.6 Å². The van der Waals surface area contributed by atoms with Crippen molar-refractivity contribution in [1.82, 2.24) is 9.97 Å². The molecule has 134 valence electrons. The van der Waals surface area contributed by atoms with Crippen molar-refractivity contribution in [2.75, 3.05) is 11.1 Å². The Morgan fingerprint density at radius 1 is 1.15 bits per heavy atom. The van der Waals surface area contributed by atoms with Gasteiger partial charge in [-0.3, -0.25) is 9.78 Å². The number of amides is 1. The molecule has 0 saturated carbocycles. The Balaban J connectivity index is 1.74. The van der Waals surface area contributed by atoms with Gasteiger partial charge in [-0.15, -0.1) is 0 Å². The minimum atomic E-state index is -0.731. The van der Waals surface area contributed by atoms with E-state index < -0.39 is 17.5 Å². The molecule has 2 heterocycles. The van der Waals surface area contributed by atoms with Gasteiger partial charge in [0, 0.05) is 24.0 Å². The minimum absolute atomic E-state index is 0.114. The molecule has 0 unspecified atom stereocenters. The van der Waals surface area contributed by atoms with Crippen molar-refractivity contribution in [2.24, 2.45) is 0 Å². The van der Waals surface area contributed by atoms with E-state index in [0.717, 1.165) is 35.5 Å². The number of carbonyl (C=O) groups is 1. The van der Waals surface area contributed by atoms with E-state index in [-0.39, 0.29) is 11.4 Å². The lowest BCUT2D eigenvalue weighted by Crippen LogP contribution is -2.15. The molecule has 0 radical (unpaired) electrons. The number of benzene rings is 1. The smallest absolute Gasteiger partial charge is 0.234 e. The summed E-state index contributed by atoms with van der Waals surface area (Å²) in [5, 5.41) is 11.9. The fourth-order valence-electron chi connectivity index (χ4n) is 2.23. The van der Waals surface area contributed by atoms with Crippen LogP contribution in [0, 0.1) is 23.0 Å². The Hall–Kier alpha value is -3.31. The molecule has 0 aliphatic carbocycles.